The van der Waals surface area contributed by atoms with Gasteiger partial charge in [0.25, 0.3) is 0 Å². The van der Waals surface area contributed by atoms with E-state index in [-0.39, 0.29) is 0 Å². The summed E-state index contributed by atoms with van der Waals surface area (Å²) in [5.41, 5.74) is 3.95. The minimum Gasteiger partial charge on any atom is -0.335 e. The second-order valence-corrected chi connectivity index (χ2v) is 7.40. The van der Waals surface area contributed by atoms with E-state index < -0.39 is 0 Å². The molecule has 1 nitrogen and oxygen atoms in total. The molecule has 0 saturated carbocycles. The molecule has 0 N–H and O–H groups in total. The minimum absolute atomic E-state index is 0.868. The summed E-state index contributed by atoms with van der Waals surface area (Å²) in [4.78, 5) is 0. The van der Waals surface area contributed by atoms with E-state index in [0.717, 1.165) is 6.54 Å². The number of rotatable bonds is 2. The van der Waals surface area contributed by atoms with Gasteiger partial charge in [-0.1, -0.05) is 97.1 Å². The predicted octanol–water partition coefficient (Wildman–Crippen LogP) is 7.15. The van der Waals surface area contributed by atoms with Crippen LogP contribution in [0.5, 0.6) is 0 Å². The first-order valence-corrected chi connectivity index (χ1v) is 9.76. The van der Waals surface area contributed by atoms with Gasteiger partial charge >= 0.3 is 0 Å². The summed E-state index contributed by atoms with van der Waals surface area (Å²) < 4.78 is 2.49. The Balaban J connectivity index is 1.87. The molecule has 132 valence electrons. The van der Waals surface area contributed by atoms with Gasteiger partial charge in [0.05, 0.1) is 5.52 Å². The van der Waals surface area contributed by atoms with Crippen LogP contribution in [0.4, 0.5) is 0 Å². The standard InChI is InChI=1S/C27H19N/c1-2-10-19(11-3-1)18-28-25-17-9-8-16-24(25)26-22-14-6-4-12-20(22)21-13-5-7-15-23(21)27(26)28/h1-17H,18H2. The first-order chi connectivity index (χ1) is 13.9. The highest BCUT2D eigenvalue weighted by molar-refractivity contribution is 6.31. The molecule has 0 saturated heterocycles. The van der Waals surface area contributed by atoms with Crippen molar-refractivity contribution in [2.75, 3.05) is 0 Å². The van der Waals surface area contributed by atoms with Crippen molar-refractivity contribution in [3.05, 3.63) is 109 Å². The van der Waals surface area contributed by atoms with Crippen molar-refractivity contribution >= 4 is 43.4 Å². The maximum Gasteiger partial charge on any atom is 0.0580 e. The molecule has 1 heteroatoms. The SMILES string of the molecule is c1ccc(Cn2c3ccccc3c3c4ccccc4c4ccccc4c32)cc1. The molecular formula is C27H19N. The van der Waals surface area contributed by atoms with E-state index in [0.29, 0.717) is 0 Å². The van der Waals surface area contributed by atoms with Crippen LogP contribution in [0, 0.1) is 0 Å². The van der Waals surface area contributed by atoms with Crippen molar-refractivity contribution < 1.29 is 0 Å². The van der Waals surface area contributed by atoms with Gasteiger partial charge in [0.1, 0.15) is 0 Å². The van der Waals surface area contributed by atoms with E-state index in [2.05, 4.69) is 108 Å². The fourth-order valence-electron chi connectivity index (χ4n) is 4.65. The Hall–Kier alpha value is -3.58. The zero-order chi connectivity index (χ0) is 18.5. The zero-order valence-electron chi connectivity index (χ0n) is 15.5. The van der Waals surface area contributed by atoms with Gasteiger partial charge in [0, 0.05) is 28.2 Å². The maximum absolute atomic E-state index is 2.49. The summed E-state index contributed by atoms with van der Waals surface area (Å²) in [6.07, 6.45) is 0. The summed E-state index contributed by atoms with van der Waals surface area (Å²) in [6, 6.07) is 37.2. The molecule has 1 aromatic heterocycles. The highest BCUT2D eigenvalue weighted by Gasteiger charge is 2.17. The molecule has 0 unspecified atom stereocenters. The lowest BCUT2D eigenvalue weighted by Gasteiger charge is -2.12. The normalized spacial score (nSPS) is 11.7. The summed E-state index contributed by atoms with van der Waals surface area (Å²) >= 11 is 0. The van der Waals surface area contributed by atoms with E-state index in [1.54, 1.807) is 0 Å². The van der Waals surface area contributed by atoms with Gasteiger partial charge in [0.2, 0.25) is 0 Å². The molecule has 0 spiro atoms. The van der Waals surface area contributed by atoms with Gasteiger partial charge in [-0.25, -0.2) is 0 Å². The molecule has 0 radical (unpaired) electrons. The molecule has 1 heterocycles. The molecule has 0 aliphatic rings. The number of hydrogen-bond donors (Lipinski definition) is 0. The topological polar surface area (TPSA) is 4.93 Å². The van der Waals surface area contributed by atoms with Crippen LogP contribution >= 0.6 is 0 Å². The molecule has 0 aliphatic heterocycles. The Labute approximate surface area is 163 Å². The second kappa shape index (κ2) is 5.97. The predicted molar refractivity (Wildman–Crippen MR) is 120 cm³/mol. The Morgan fingerprint density at radius 3 is 1.75 bits per heavy atom. The average Bonchev–Trinajstić information content (AvgIpc) is 3.09. The van der Waals surface area contributed by atoms with Crippen LogP contribution in [0.25, 0.3) is 43.4 Å². The molecule has 0 fully saturated rings. The van der Waals surface area contributed by atoms with E-state index in [1.165, 1.54) is 48.9 Å². The quantitative estimate of drug-likeness (QED) is 0.290. The van der Waals surface area contributed by atoms with Gasteiger partial charge in [-0.3, -0.25) is 0 Å². The van der Waals surface area contributed by atoms with Gasteiger partial charge in [-0.05, 0) is 27.8 Å². The summed E-state index contributed by atoms with van der Waals surface area (Å²) in [7, 11) is 0. The minimum atomic E-state index is 0.868. The molecule has 0 bridgehead atoms. The van der Waals surface area contributed by atoms with Crippen LogP contribution in [0.15, 0.2) is 103 Å². The zero-order valence-corrected chi connectivity index (χ0v) is 15.5. The van der Waals surface area contributed by atoms with Gasteiger partial charge < -0.3 is 4.57 Å². The first kappa shape index (κ1) is 15.5. The third-order valence-corrected chi connectivity index (χ3v) is 5.82. The van der Waals surface area contributed by atoms with Crippen molar-refractivity contribution in [2.24, 2.45) is 0 Å². The van der Waals surface area contributed by atoms with Crippen molar-refractivity contribution in [3.8, 4) is 0 Å². The number of fused-ring (bicyclic) bond motifs is 8. The summed E-state index contributed by atoms with van der Waals surface area (Å²) in [5.74, 6) is 0. The van der Waals surface area contributed by atoms with Gasteiger partial charge in [-0.15, -0.1) is 0 Å². The molecule has 5 aromatic carbocycles. The lowest BCUT2D eigenvalue weighted by Crippen LogP contribution is -1.99. The van der Waals surface area contributed by atoms with Crippen LogP contribution in [0.1, 0.15) is 5.56 Å². The molecule has 6 rings (SSSR count). The van der Waals surface area contributed by atoms with Crippen molar-refractivity contribution in [2.45, 2.75) is 6.54 Å². The molecule has 6 aromatic rings. The fraction of sp³-hybridized carbons (Fsp3) is 0.0370. The number of para-hydroxylation sites is 1. The lowest BCUT2D eigenvalue weighted by molar-refractivity contribution is 0.872. The number of aromatic nitrogens is 1. The van der Waals surface area contributed by atoms with Crippen LogP contribution in [-0.2, 0) is 6.54 Å². The third kappa shape index (κ3) is 2.13. The third-order valence-electron chi connectivity index (χ3n) is 5.82. The van der Waals surface area contributed by atoms with E-state index in [9.17, 15) is 0 Å². The molecule has 0 aliphatic carbocycles. The molecular weight excluding hydrogens is 338 g/mol. The Bertz CT molecular complexity index is 1470. The van der Waals surface area contributed by atoms with Crippen LogP contribution in [-0.4, -0.2) is 4.57 Å². The highest BCUT2D eigenvalue weighted by Crippen LogP contribution is 2.40. The lowest BCUT2D eigenvalue weighted by atomic mass is 9.97. The van der Waals surface area contributed by atoms with Gasteiger partial charge in [0.15, 0.2) is 0 Å². The average molecular weight is 357 g/mol. The second-order valence-electron chi connectivity index (χ2n) is 7.40. The summed E-state index contributed by atoms with van der Waals surface area (Å²) in [5, 5.41) is 8.00. The van der Waals surface area contributed by atoms with Crippen LogP contribution in [0.3, 0.4) is 0 Å². The number of nitrogens with zero attached hydrogens (tertiary/aromatic N) is 1. The van der Waals surface area contributed by atoms with Crippen molar-refractivity contribution in [1.29, 1.82) is 0 Å². The van der Waals surface area contributed by atoms with E-state index >= 15 is 0 Å². The Kier molecular flexibility index (Phi) is 3.30. The Morgan fingerprint density at radius 2 is 1.00 bits per heavy atom. The molecule has 0 atom stereocenters. The van der Waals surface area contributed by atoms with E-state index in [1.807, 2.05) is 0 Å². The number of hydrogen-bond acceptors (Lipinski definition) is 0. The Morgan fingerprint density at radius 1 is 0.464 bits per heavy atom. The van der Waals surface area contributed by atoms with Crippen molar-refractivity contribution in [3.63, 3.8) is 0 Å². The molecule has 28 heavy (non-hydrogen) atoms. The first-order valence-electron chi connectivity index (χ1n) is 9.76. The summed E-state index contributed by atoms with van der Waals surface area (Å²) in [6.45, 7) is 0.868. The molecule has 0 amide bonds. The maximum atomic E-state index is 2.49. The monoisotopic (exact) mass is 357 g/mol. The van der Waals surface area contributed by atoms with E-state index in [4.69, 9.17) is 0 Å². The van der Waals surface area contributed by atoms with Crippen molar-refractivity contribution in [1.82, 2.24) is 4.57 Å². The van der Waals surface area contributed by atoms with Gasteiger partial charge in [-0.2, -0.15) is 0 Å². The fourth-order valence-corrected chi connectivity index (χ4v) is 4.65. The number of benzene rings is 5. The highest BCUT2D eigenvalue weighted by atomic mass is 15.0. The van der Waals surface area contributed by atoms with Crippen LogP contribution < -0.4 is 0 Å². The smallest absolute Gasteiger partial charge is 0.0580 e. The van der Waals surface area contributed by atoms with Crippen LogP contribution in [0.2, 0.25) is 0 Å². The largest absolute Gasteiger partial charge is 0.335 e.